The van der Waals surface area contributed by atoms with Crippen molar-refractivity contribution in [1.29, 1.82) is 0 Å². The van der Waals surface area contributed by atoms with Gasteiger partial charge in [-0.15, -0.1) is 0 Å². The van der Waals surface area contributed by atoms with Crippen molar-refractivity contribution >= 4 is 10.8 Å². The van der Waals surface area contributed by atoms with Gasteiger partial charge in [-0.1, -0.05) is 42.5 Å². The average molecular weight is 243 g/mol. The van der Waals surface area contributed by atoms with Gasteiger partial charge < -0.3 is 9.64 Å². The minimum atomic E-state index is 0.793. The number of hydrogen-bond acceptors (Lipinski definition) is 2. The molecule has 0 aliphatic rings. The number of likely N-dealkylation sites (N-methyl/N-ethyl adjacent to an activating group) is 1. The van der Waals surface area contributed by atoms with Crippen LogP contribution in [0.15, 0.2) is 42.5 Å². The first-order chi connectivity index (χ1) is 8.77. The Hall–Kier alpha value is -1.38. The van der Waals surface area contributed by atoms with Crippen LogP contribution < -0.4 is 0 Å². The summed E-state index contributed by atoms with van der Waals surface area (Å²) in [4.78, 5) is 2.14. The van der Waals surface area contributed by atoms with Gasteiger partial charge in [-0.2, -0.15) is 0 Å². The van der Waals surface area contributed by atoms with Crippen LogP contribution >= 0.6 is 0 Å². The van der Waals surface area contributed by atoms with E-state index in [4.69, 9.17) is 4.74 Å². The molecule has 2 heteroatoms. The summed E-state index contributed by atoms with van der Waals surface area (Å²) in [5.74, 6) is 0. The number of nitrogens with zero attached hydrogens (tertiary/aromatic N) is 1. The monoisotopic (exact) mass is 243 g/mol. The van der Waals surface area contributed by atoms with Crippen LogP contribution in [0.4, 0.5) is 0 Å². The van der Waals surface area contributed by atoms with E-state index >= 15 is 0 Å². The van der Waals surface area contributed by atoms with Crippen LogP contribution in [0.2, 0.25) is 0 Å². The lowest BCUT2D eigenvalue weighted by Gasteiger charge is -2.10. The highest BCUT2D eigenvalue weighted by Crippen LogP contribution is 2.18. The molecule has 0 saturated heterocycles. The van der Waals surface area contributed by atoms with Gasteiger partial charge in [0, 0.05) is 6.54 Å². The van der Waals surface area contributed by atoms with Crippen LogP contribution in [-0.2, 0) is 11.2 Å². The van der Waals surface area contributed by atoms with Crippen molar-refractivity contribution in [3.63, 3.8) is 0 Å². The fourth-order valence-corrected chi connectivity index (χ4v) is 2.04. The van der Waals surface area contributed by atoms with Crippen molar-refractivity contribution in [3.8, 4) is 0 Å². The maximum Gasteiger partial charge on any atom is 0.0593 e. The first kappa shape index (κ1) is 13.1. The first-order valence-electron chi connectivity index (χ1n) is 6.46. The zero-order valence-electron chi connectivity index (χ0n) is 11.2. The van der Waals surface area contributed by atoms with Gasteiger partial charge in [0.05, 0.1) is 13.2 Å². The Morgan fingerprint density at radius 2 is 1.72 bits per heavy atom. The quantitative estimate of drug-likeness (QED) is 0.723. The molecule has 0 amide bonds. The van der Waals surface area contributed by atoms with E-state index in [1.165, 1.54) is 16.3 Å². The summed E-state index contributed by atoms with van der Waals surface area (Å²) in [5.41, 5.74) is 1.37. The normalized spacial score (nSPS) is 11.3. The zero-order valence-corrected chi connectivity index (χ0v) is 11.2. The number of hydrogen-bond donors (Lipinski definition) is 0. The highest BCUT2D eigenvalue weighted by Gasteiger charge is 2.00. The Morgan fingerprint density at radius 3 is 2.56 bits per heavy atom. The van der Waals surface area contributed by atoms with Gasteiger partial charge >= 0.3 is 0 Å². The van der Waals surface area contributed by atoms with E-state index in [-0.39, 0.29) is 0 Å². The SMILES string of the molecule is CN(C)CCOCCc1cccc2ccccc12. The van der Waals surface area contributed by atoms with Crippen molar-refractivity contribution in [2.45, 2.75) is 6.42 Å². The molecule has 0 unspecified atom stereocenters. The molecule has 0 saturated carbocycles. The lowest BCUT2D eigenvalue weighted by atomic mass is 10.0. The average Bonchev–Trinajstić information content (AvgIpc) is 2.38. The molecule has 0 N–H and O–H groups in total. The third kappa shape index (κ3) is 3.56. The molecule has 2 nitrogen and oxygen atoms in total. The van der Waals surface area contributed by atoms with Crippen LogP contribution in [0.25, 0.3) is 10.8 Å². The summed E-state index contributed by atoms with van der Waals surface area (Å²) in [7, 11) is 4.13. The highest BCUT2D eigenvalue weighted by atomic mass is 16.5. The smallest absolute Gasteiger partial charge is 0.0593 e. The van der Waals surface area contributed by atoms with Crippen molar-refractivity contribution in [3.05, 3.63) is 48.0 Å². The summed E-state index contributed by atoms with van der Waals surface area (Å²) in [5, 5.41) is 2.65. The Bertz CT molecular complexity index is 488. The summed E-state index contributed by atoms with van der Waals surface area (Å²) in [6.07, 6.45) is 0.981. The molecule has 2 aromatic carbocycles. The van der Waals surface area contributed by atoms with Crippen molar-refractivity contribution in [2.75, 3.05) is 33.9 Å². The first-order valence-corrected chi connectivity index (χ1v) is 6.46. The van der Waals surface area contributed by atoms with Gasteiger partial charge in [-0.25, -0.2) is 0 Å². The van der Waals surface area contributed by atoms with E-state index in [0.29, 0.717) is 0 Å². The molecular weight excluding hydrogens is 222 g/mol. The fourth-order valence-electron chi connectivity index (χ4n) is 2.04. The zero-order chi connectivity index (χ0) is 12.8. The summed E-state index contributed by atoms with van der Waals surface area (Å²) < 4.78 is 5.66. The maximum atomic E-state index is 5.66. The summed E-state index contributed by atoms with van der Waals surface area (Å²) in [6, 6.07) is 15.0. The molecule has 0 aliphatic heterocycles. The van der Waals surface area contributed by atoms with Gasteiger partial charge in [0.25, 0.3) is 0 Å². The second kappa shape index (κ2) is 6.53. The third-order valence-electron chi connectivity index (χ3n) is 3.08. The molecule has 0 aromatic heterocycles. The van der Waals surface area contributed by atoms with Gasteiger partial charge in [-0.05, 0) is 36.9 Å². The second-order valence-electron chi connectivity index (χ2n) is 4.80. The Morgan fingerprint density at radius 1 is 0.944 bits per heavy atom. The molecule has 0 bridgehead atoms. The Kier molecular flexibility index (Phi) is 4.73. The predicted molar refractivity (Wildman–Crippen MR) is 77.0 cm³/mol. The number of rotatable bonds is 6. The molecule has 96 valence electrons. The fraction of sp³-hybridized carbons (Fsp3) is 0.375. The number of benzene rings is 2. The van der Waals surface area contributed by atoms with E-state index in [1.807, 2.05) is 0 Å². The van der Waals surface area contributed by atoms with Crippen LogP contribution in [0.1, 0.15) is 5.56 Å². The standard InChI is InChI=1S/C16H21NO/c1-17(2)11-13-18-12-10-15-8-5-7-14-6-3-4-9-16(14)15/h3-9H,10-13H2,1-2H3. The molecule has 0 heterocycles. The molecule has 0 fully saturated rings. The number of ether oxygens (including phenoxy) is 1. The summed E-state index contributed by atoms with van der Waals surface area (Å²) in [6.45, 7) is 2.58. The van der Waals surface area contributed by atoms with Gasteiger partial charge in [0.1, 0.15) is 0 Å². The van der Waals surface area contributed by atoms with Gasteiger partial charge in [0.2, 0.25) is 0 Å². The second-order valence-corrected chi connectivity index (χ2v) is 4.80. The lowest BCUT2D eigenvalue weighted by molar-refractivity contribution is 0.120. The van der Waals surface area contributed by atoms with E-state index in [2.05, 4.69) is 61.5 Å². The van der Waals surface area contributed by atoms with E-state index < -0.39 is 0 Å². The van der Waals surface area contributed by atoms with Crippen LogP contribution in [0.3, 0.4) is 0 Å². The van der Waals surface area contributed by atoms with Gasteiger partial charge in [-0.3, -0.25) is 0 Å². The molecule has 2 rings (SSSR count). The topological polar surface area (TPSA) is 12.5 Å². The van der Waals surface area contributed by atoms with Gasteiger partial charge in [0.15, 0.2) is 0 Å². The minimum Gasteiger partial charge on any atom is -0.380 e. The predicted octanol–water partition coefficient (Wildman–Crippen LogP) is 2.96. The molecule has 0 radical (unpaired) electrons. The van der Waals surface area contributed by atoms with E-state index in [0.717, 1.165) is 26.2 Å². The molecule has 18 heavy (non-hydrogen) atoms. The molecular formula is C16H21NO. The maximum absolute atomic E-state index is 5.66. The van der Waals surface area contributed by atoms with Crippen LogP contribution in [0.5, 0.6) is 0 Å². The van der Waals surface area contributed by atoms with E-state index in [9.17, 15) is 0 Å². The lowest BCUT2D eigenvalue weighted by Crippen LogP contribution is -2.18. The minimum absolute atomic E-state index is 0.793. The molecule has 2 aromatic rings. The molecule has 0 spiro atoms. The molecule has 0 atom stereocenters. The molecule has 0 aliphatic carbocycles. The van der Waals surface area contributed by atoms with Crippen LogP contribution in [-0.4, -0.2) is 38.8 Å². The van der Waals surface area contributed by atoms with Crippen LogP contribution in [0, 0.1) is 0 Å². The van der Waals surface area contributed by atoms with E-state index in [1.54, 1.807) is 0 Å². The Labute approximate surface area is 109 Å². The highest BCUT2D eigenvalue weighted by molar-refractivity contribution is 5.85. The summed E-state index contributed by atoms with van der Waals surface area (Å²) >= 11 is 0. The van der Waals surface area contributed by atoms with Crippen molar-refractivity contribution in [2.24, 2.45) is 0 Å². The largest absolute Gasteiger partial charge is 0.380 e. The third-order valence-corrected chi connectivity index (χ3v) is 3.08. The van der Waals surface area contributed by atoms with Crippen molar-refractivity contribution < 1.29 is 4.74 Å². The van der Waals surface area contributed by atoms with Crippen molar-refractivity contribution in [1.82, 2.24) is 4.90 Å². The number of fused-ring (bicyclic) bond motifs is 1. The Balaban J connectivity index is 1.91.